The van der Waals surface area contributed by atoms with Crippen molar-refractivity contribution in [1.29, 1.82) is 0 Å². The average Bonchev–Trinajstić information content (AvgIpc) is 1.33. The van der Waals surface area contributed by atoms with Crippen molar-refractivity contribution in [2.75, 3.05) is 5.34 Å². The van der Waals surface area contributed by atoms with Gasteiger partial charge >= 0.3 is 0 Å². The standard InChI is InChI=1S/C2H6O2.CH2Cl2.ClH/c1-2(3)4;2-1-3;/h2-4H,1H3;1H2;1H. The first-order valence-electron chi connectivity index (χ1n) is 1.63. The molecule has 2 N–H and O–H groups in total. The van der Waals surface area contributed by atoms with Crippen LogP contribution in [0, 0.1) is 0 Å². The lowest BCUT2D eigenvalue weighted by molar-refractivity contribution is -0.0228. The predicted octanol–water partition coefficient (Wildman–Crippen LogP) is 1.16. The summed E-state index contributed by atoms with van der Waals surface area (Å²) in [6.45, 7) is 1.28. The van der Waals surface area contributed by atoms with E-state index in [1.807, 2.05) is 0 Å². The molecular formula is C3H9Cl3O2. The van der Waals surface area contributed by atoms with Crippen LogP contribution in [0.25, 0.3) is 0 Å². The summed E-state index contributed by atoms with van der Waals surface area (Å²) < 4.78 is 0. The fourth-order valence-electron chi connectivity index (χ4n) is 0. The van der Waals surface area contributed by atoms with Gasteiger partial charge in [-0.3, -0.25) is 0 Å². The van der Waals surface area contributed by atoms with Crippen LogP contribution in [0.4, 0.5) is 0 Å². The van der Waals surface area contributed by atoms with E-state index >= 15 is 0 Å². The number of aliphatic hydroxyl groups is 2. The molecule has 0 spiro atoms. The van der Waals surface area contributed by atoms with E-state index in [1.165, 1.54) is 6.92 Å². The molecule has 0 aromatic carbocycles. The van der Waals surface area contributed by atoms with E-state index in [4.69, 9.17) is 33.4 Å². The van der Waals surface area contributed by atoms with Crippen LogP contribution in [0.15, 0.2) is 0 Å². The van der Waals surface area contributed by atoms with Gasteiger partial charge in [-0.25, -0.2) is 0 Å². The molecule has 0 heterocycles. The Bertz CT molecular complexity index is 23.7. The minimum atomic E-state index is -1.17. The molecule has 54 valence electrons. The van der Waals surface area contributed by atoms with Crippen LogP contribution in [0.3, 0.4) is 0 Å². The molecule has 0 aromatic heterocycles. The summed E-state index contributed by atoms with van der Waals surface area (Å²) in [7, 11) is 0. The molecule has 0 aromatic rings. The van der Waals surface area contributed by atoms with Crippen LogP contribution in [-0.2, 0) is 0 Å². The van der Waals surface area contributed by atoms with Crippen molar-refractivity contribution in [2.24, 2.45) is 0 Å². The van der Waals surface area contributed by atoms with E-state index in [0.717, 1.165) is 0 Å². The summed E-state index contributed by atoms with van der Waals surface area (Å²) in [5.41, 5.74) is 0. The number of rotatable bonds is 0. The van der Waals surface area contributed by atoms with Crippen molar-refractivity contribution in [2.45, 2.75) is 13.2 Å². The Balaban J connectivity index is -0.0000000575. The molecule has 8 heavy (non-hydrogen) atoms. The third kappa shape index (κ3) is 365. The van der Waals surface area contributed by atoms with E-state index in [-0.39, 0.29) is 17.7 Å². The van der Waals surface area contributed by atoms with Crippen LogP contribution < -0.4 is 0 Å². The summed E-state index contributed by atoms with van der Waals surface area (Å²) in [5, 5.41) is 15.4. The molecule has 0 saturated heterocycles. The van der Waals surface area contributed by atoms with Crippen LogP contribution in [0.1, 0.15) is 6.92 Å². The second-order valence-corrected chi connectivity index (χ2v) is 1.54. The zero-order chi connectivity index (χ0) is 6.28. The Morgan fingerprint density at radius 1 is 1.38 bits per heavy atom. The maximum absolute atomic E-state index is 7.61. The molecule has 0 bridgehead atoms. The number of aliphatic hydroxyl groups excluding tert-OH is 1. The highest BCUT2D eigenvalue weighted by atomic mass is 35.5. The Hall–Kier alpha value is 0.790. The topological polar surface area (TPSA) is 40.5 Å². The fraction of sp³-hybridized carbons (Fsp3) is 1.00. The SMILES string of the molecule is CC(O)O.Cl.ClCCl. The maximum atomic E-state index is 7.61. The number of hydrogen-bond acceptors (Lipinski definition) is 2. The Morgan fingerprint density at radius 2 is 1.38 bits per heavy atom. The highest BCUT2D eigenvalue weighted by Gasteiger charge is 1.70. The first-order chi connectivity index (χ1) is 3.15. The monoisotopic (exact) mass is 182 g/mol. The molecule has 5 heteroatoms. The minimum absolute atomic E-state index is 0. The minimum Gasteiger partial charge on any atom is -0.368 e. The largest absolute Gasteiger partial charge is 0.368 e. The first-order valence-corrected chi connectivity index (χ1v) is 2.70. The summed E-state index contributed by atoms with van der Waals surface area (Å²) in [6.07, 6.45) is -1.17. The zero-order valence-electron chi connectivity index (χ0n) is 4.34. The van der Waals surface area contributed by atoms with E-state index < -0.39 is 6.29 Å². The van der Waals surface area contributed by atoms with Gasteiger partial charge < -0.3 is 10.2 Å². The van der Waals surface area contributed by atoms with Gasteiger partial charge in [-0.05, 0) is 6.92 Å². The molecule has 0 rings (SSSR count). The number of hydrogen-bond donors (Lipinski definition) is 2. The quantitative estimate of drug-likeness (QED) is 0.437. The Morgan fingerprint density at radius 3 is 1.38 bits per heavy atom. The highest BCUT2D eigenvalue weighted by Crippen LogP contribution is 1.73. The Kier molecular flexibility index (Phi) is 31.1. The second-order valence-electron chi connectivity index (χ2n) is 0.733. The van der Waals surface area contributed by atoms with Gasteiger partial charge in [0.2, 0.25) is 0 Å². The van der Waals surface area contributed by atoms with Gasteiger partial charge in [-0.15, -0.1) is 35.6 Å². The predicted molar refractivity (Wildman–Crippen MR) is 37.7 cm³/mol. The molecule has 0 aliphatic carbocycles. The van der Waals surface area contributed by atoms with Gasteiger partial charge in [0.15, 0.2) is 0 Å². The van der Waals surface area contributed by atoms with Crippen LogP contribution in [-0.4, -0.2) is 21.8 Å². The van der Waals surface area contributed by atoms with Crippen molar-refractivity contribution in [3.63, 3.8) is 0 Å². The summed E-state index contributed by atoms with van der Waals surface area (Å²) >= 11 is 9.53. The van der Waals surface area contributed by atoms with Gasteiger partial charge in [-0.1, -0.05) is 0 Å². The lowest BCUT2D eigenvalue weighted by atomic mass is 10.8. The zero-order valence-corrected chi connectivity index (χ0v) is 6.67. The van der Waals surface area contributed by atoms with Crippen molar-refractivity contribution in [1.82, 2.24) is 0 Å². The fourth-order valence-corrected chi connectivity index (χ4v) is 0. The maximum Gasteiger partial charge on any atom is 0.148 e. The summed E-state index contributed by atoms with van der Waals surface area (Å²) in [4.78, 5) is 0. The highest BCUT2D eigenvalue weighted by molar-refractivity contribution is 6.40. The third-order valence-corrected chi connectivity index (χ3v) is 0. The Labute approximate surface area is 64.8 Å². The molecule has 0 fully saturated rings. The van der Waals surface area contributed by atoms with Gasteiger partial charge in [0.05, 0.1) is 5.34 Å². The van der Waals surface area contributed by atoms with Crippen LogP contribution in [0.2, 0.25) is 0 Å². The molecule has 0 aliphatic heterocycles. The van der Waals surface area contributed by atoms with Crippen molar-refractivity contribution in [3.8, 4) is 0 Å². The van der Waals surface area contributed by atoms with Gasteiger partial charge in [-0.2, -0.15) is 0 Å². The molecule has 2 nitrogen and oxygen atoms in total. The van der Waals surface area contributed by atoms with Crippen molar-refractivity contribution in [3.05, 3.63) is 0 Å². The van der Waals surface area contributed by atoms with E-state index in [2.05, 4.69) is 0 Å². The third-order valence-electron chi connectivity index (χ3n) is 0. The van der Waals surface area contributed by atoms with Gasteiger partial charge in [0.1, 0.15) is 6.29 Å². The van der Waals surface area contributed by atoms with Crippen molar-refractivity contribution >= 4 is 35.6 Å². The lowest BCUT2D eigenvalue weighted by Gasteiger charge is -1.80. The lowest BCUT2D eigenvalue weighted by Crippen LogP contribution is -1.92. The molecular weight excluding hydrogens is 174 g/mol. The van der Waals surface area contributed by atoms with Gasteiger partial charge in [0, 0.05) is 0 Å². The van der Waals surface area contributed by atoms with Crippen LogP contribution >= 0.6 is 35.6 Å². The normalized spacial score (nSPS) is 6.75. The van der Waals surface area contributed by atoms with Gasteiger partial charge in [0.25, 0.3) is 0 Å². The first kappa shape index (κ1) is 15.9. The van der Waals surface area contributed by atoms with Crippen molar-refractivity contribution < 1.29 is 10.2 Å². The van der Waals surface area contributed by atoms with E-state index in [9.17, 15) is 0 Å². The van der Waals surface area contributed by atoms with E-state index in [1.54, 1.807) is 0 Å². The smallest absolute Gasteiger partial charge is 0.148 e. The average molecular weight is 183 g/mol. The number of halogens is 3. The molecule has 0 amide bonds. The molecule has 0 aliphatic rings. The molecule has 0 radical (unpaired) electrons. The second kappa shape index (κ2) is 15.7. The van der Waals surface area contributed by atoms with Crippen LogP contribution in [0.5, 0.6) is 0 Å². The number of alkyl halides is 2. The van der Waals surface area contributed by atoms with E-state index in [0.29, 0.717) is 0 Å². The molecule has 0 atom stereocenters. The molecule has 0 unspecified atom stereocenters. The molecule has 0 saturated carbocycles. The summed E-state index contributed by atoms with van der Waals surface area (Å²) in [5.74, 6) is 0. The summed E-state index contributed by atoms with van der Waals surface area (Å²) in [6, 6.07) is 0.